The van der Waals surface area contributed by atoms with E-state index in [1.807, 2.05) is 31.2 Å². The van der Waals surface area contributed by atoms with Gasteiger partial charge in [0.25, 0.3) is 0 Å². The Hall–Kier alpha value is -1.88. The summed E-state index contributed by atoms with van der Waals surface area (Å²) in [4.78, 5) is 22.4. The van der Waals surface area contributed by atoms with E-state index in [2.05, 4.69) is 5.32 Å². The maximum atomic E-state index is 11.7. The number of carbonyl (C=O) groups excluding carboxylic acids is 1. The van der Waals surface area contributed by atoms with Crippen LogP contribution in [0.5, 0.6) is 0 Å². The molecule has 2 rings (SSSR count). The maximum absolute atomic E-state index is 11.7. The highest BCUT2D eigenvalue weighted by Crippen LogP contribution is 2.38. The molecule has 5 heteroatoms. The van der Waals surface area contributed by atoms with Crippen molar-refractivity contribution in [3.05, 3.63) is 35.4 Å². The van der Waals surface area contributed by atoms with Crippen LogP contribution in [0.25, 0.3) is 0 Å². The van der Waals surface area contributed by atoms with E-state index >= 15 is 0 Å². The Morgan fingerprint density at radius 3 is 2.45 bits per heavy atom. The van der Waals surface area contributed by atoms with Gasteiger partial charge >= 0.3 is 5.97 Å². The lowest BCUT2D eigenvalue weighted by atomic mass is 10.1. The molecule has 5 nitrogen and oxygen atoms in total. The third-order valence-electron chi connectivity index (χ3n) is 3.41. The number of hydrogen-bond acceptors (Lipinski definition) is 3. The molecular weight excluding hydrogens is 258 g/mol. The average Bonchev–Trinajstić information content (AvgIpc) is 3.24. The zero-order valence-electron chi connectivity index (χ0n) is 11.5. The van der Waals surface area contributed by atoms with Crippen molar-refractivity contribution in [2.45, 2.75) is 26.5 Å². The molecule has 2 atom stereocenters. The summed E-state index contributed by atoms with van der Waals surface area (Å²) in [5.41, 5.74) is 2.08. The van der Waals surface area contributed by atoms with Crippen LogP contribution in [-0.2, 0) is 27.5 Å². The van der Waals surface area contributed by atoms with Crippen molar-refractivity contribution in [3.8, 4) is 0 Å². The van der Waals surface area contributed by atoms with Crippen LogP contribution in [0.1, 0.15) is 24.5 Å². The van der Waals surface area contributed by atoms with E-state index in [1.54, 1.807) is 0 Å². The van der Waals surface area contributed by atoms with Crippen molar-refractivity contribution in [1.82, 2.24) is 5.32 Å². The molecule has 0 spiro atoms. The highest BCUT2D eigenvalue weighted by Gasteiger charge is 2.48. The van der Waals surface area contributed by atoms with E-state index in [0.717, 1.165) is 11.1 Å². The minimum absolute atomic E-state index is 0.171. The standard InChI is InChI=1S/C15H19NO4/c1-2-20-9-11-5-3-10(4-6-11)8-16-14(17)12-7-13(12)15(18)19/h3-6,12-13H,2,7-9H2,1H3,(H,16,17)(H,18,19)/t12-,13-/m1/s1. The van der Waals surface area contributed by atoms with Crippen molar-refractivity contribution >= 4 is 11.9 Å². The van der Waals surface area contributed by atoms with Crippen LogP contribution in [0.3, 0.4) is 0 Å². The fraction of sp³-hybridized carbons (Fsp3) is 0.467. The van der Waals surface area contributed by atoms with E-state index in [-0.39, 0.29) is 11.8 Å². The Morgan fingerprint density at radius 1 is 1.25 bits per heavy atom. The fourth-order valence-electron chi connectivity index (χ4n) is 2.05. The van der Waals surface area contributed by atoms with Gasteiger partial charge in [0.1, 0.15) is 0 Å². The van der Waals surface area contributed by atoms with Crippen LogP contribution in [-0.4, -0.2) is 23.6 Å². The van der Waals surface area contributed by atoms with E-state index in [4.69, 9.17) is 9.84 Å². The molecule has 0 aliphatic heterocycles. The third-order valence-corrected chi connectivity index (χ3v) is 3.41. The van der Waals surface area contributed by atoms with Crippen LogP contribution >= 0.6 is 0 Å². The summed E-state index contributed by atoms with van der Waals surface area (Å²) in [5, 5.41) is 11.5. The number of carboxylic acids is 1. The lowest BCUT2D eigenvalue weighted by Crippen LogP contribution is -2.25. The van der Waals surface area contributed by atoms with E-state index in [1.165, 1.54) is 0 Å². The van der Waals surface area contributed by atoms with Crippen LogP contribution in [0.2, 0.25) is 0 Å². The third kappa shape index (κ3) is 3.81. The highest BCUT2D eigenvalue weighted by molar-refractivity contribution is 5.89. The van der Waals surface area contributed by atoms with Gasteiger partial charge in [-0.05, 0) is 24.5 Å². The molecule has 1 amide bonds. The minimum Gasteiger partial charge on any atom is -0.481 e. The molecule has 1 saturated carbocycles. The van der Waals surface area contributed by atoms with Gasteiger partial charge in [-0.15, -0.1) is 0 Å². The summed E-state index contributed by atoms with van der Waals surface area (Å²) in [6.45, 7) is 3.65. The SMILES string of the molecule is CCOCc1ccc(CNC(=O)[C@@H]2C[C@H]2C(=O)O)cc1. The molecule has 1 aliphatic carbocycles. The Labute approximate surface area is 117 Å². The summed E-state index contributed by atoms with van der Waals surface area (Å²) in [6, 6.07) is 7.81. The lowest BCUT2D eigenvalue weighted by molar-refractivity contribution is -0.140. The van der Waals surface area contributed by atoms with Crippen LogP contribution < -0.4 is 5.32 Å². The molecule has 0 heterocycles. The molecule has 108 valence electrons. The highest BCUT2D eigenvalue weighted by atomic mass is 16.5. The van der Waals surface area contributed by atoms with Crippen LogP contribution in [0, 0.1) is 11.8 Å². The quantitative estimate of drug-likeness (QED) is 0.793. The Bertz CT molecular complexity index is 483. The smallest absolute Gasteiger partial charge is 0.307 e. The first kappa shape index (κ1) is 14.5. The zero-order valence-corrected chi connectivity index (χ0v) is 11.5. The van der Waals surface area contributed by atoms with Gasteiger partial charge in [0.15, 0.2) is 0 Å². The first-order valence-electron chi connectivity index (χ1n) is 6.78. The molecule has 1 fully saturated rings. The Balaban J connectivity index is 1.77. The van der Waals surface area contributed by atoms with E-state index < -0.39 is 11.9 Å². The van der Waals surface area contributed by atoms with Gasteiger partial charge in [-0.3, -0.25) is 9.59 Å². The largest absolute Gasteiger partial charge is 0.481 e. The number of nitrogens with one attached hydrogen (secondary N) is 1. The van der Waals surface area contributed by atoms with Gasteiger partial charge < -0.3 is 15.2 Å². The first-order valence-corrected chi connectivity index (χ1v) is 6.78. The maximum Gasteiger partial charge on any atom is 0.307 e. The normalized spacial score (nSPS) is 20.4. The molecular formula is C15H19NO4. The van der Waals surface area contributed by atoms with Crippen molar-refractivity contribution in [2.75, 3.05) is 6.61 Å². The van der Waals surface area contributed by atoms with Crippen molar-refractivity contribution in [2.24, 2.45) is 11.8 Å². The molecule has 0 saturated heterocycles. The van der Waals surface area contributed by atoms with Crippen molar-refractivity contribution in [1.29, 1.82) is 0 Å². The molecule has 0 aromatic heterocycles. The molecule has 1 aliphatic rings. The van der Waals surface area contributed by atoms with Gasteiger partial charge in [-0.25, -0.2) is 0 Å². The Morgan fingerprint density at radius 2 is 1.90 bits per heavy atom. The zero-order chi connectivity index (χ0) is 14.5. The number of carbonyl (C=O) groups is 2. The number of aliphatic carboxylic acids is 1. The average molecular weight is 277 g/mol. The molecule has 20 heavy (non-hydrogen) atoms. The Kier molecular flexibility index (Phi) is 4.74. The number of benzene rings is 1. The van der Waals surface area contributed by atoms with Crippen molar-refractivity contribution < 1.29 is 19.4 Å². The number of hydrogen-bond donors (Lipinski definition) is 2. The second kappa shape index (κ2) is 6.52. The predicted octanol–water partition coefficient (Wildman–Crippen LogP) is 1.56. The van der Waals surface area contributed by atoms with Gasteiger partial charge in [-0.1, -0.05) is 24.3 Å². The van der Waals surface area contributed by atoms with Gasteiger partial charge in [0, 0.05) is 13.2 Å². The molecule has 1 aromatic rings. The molecule has 0 radical (unpaired) electrons. The topological polar surface area (TPSA) is 75.6 Å². The van der Waals surface area contributed by atoms with Gasteiger partial charge in [-0.2, -0.15) is 0 Å². The summed E-state index contributed by atoms with van der Waals surface area (Å²) < 4.78 is 5.31. The number of carboxylic acid groups (broad SMARTS) is 1. The van der Waals surface area contributed by atoms with E-state index in [0.29, 0.717) is 26.2 Å². The molecule has 0 unspecified atom stereocenters. The fourth-order valence-corrected chi connectivity index (χ4v) is 2.05. The van der Waals surface area contributed by atoms with Gasteiger partial charge in [0.05, 0.1) is 18.4 Å². The number of ether oxygens (including phenoxy) is 1. The minimum atomic E-state index is -0.884. The lowest BCUT2D eigenvalue weighted by Gasteiger charge is -2.06. The molecule has 1 aromatic carbocycles. The number of rotatable bonds is 7. The van der Waals surface area contributed by atoms with Crippen LogP contribution in [0.15, 0.2) is 24.3 Å². The van der Waals surface area contributed by atoms with E-state index in [9.17, 15) is 9.59 Å². The van der Waals surface area contributed by atoms with Crippen LogP contribution in [0.4, 0.5) is 0 Å². The molecule has 0 bridgehead atoms. The predicted molar refractivity (Wildman–Crippen MR) is 72.9 cm³/mol. The number of amides is 1. The van der Waals surface area contributed by atoms with Crippen molar-refractivity contribution in [3.63, 3.8) is 0 Å². The molecule has 2 N–H and O–H groups in total. The second-order valence-corrected chi connectivity index (χ2v) is 4.96. The van der Waals surface area contributed by atoms with Gasteiger partial charge in [0.2, 0.25) is 5.91 Å². The summed E-state index contributed by atoms with van der Waals surface area (Å²) in [5.74, 6) is -1.91. The summed E-state index contributed by atoms with van der Waals surface area (Å²) in [6.07, 6.45) is 0.453. The summed E-state index contributed by atoms with van der Waals surface area (Å²) >= 11 is 0. The summed E-state index contributed by atoms with van der Waals surface area (Å²) in [7, 11) is 0. The monoisotopic (exact) mass is 277 g/mol. The first-order chi connectivity index (χ1) is 9.61. The second-order valence-electron chi connectivity index (χ2n) is 4.96.